The molecule has 0 bridgehead atoms. The van der Waals surface area contributed by atoms with Crippen LogP contribution < -0.4 is 14.2 Å². The van der Waals surface area contributed by atoms with E-state index in [4.69, 9.17) is 38.2 Å². The molecule has 0 atom stereocenters. The predicted octanol–water partition coefficient (Wildman–Crippen LogP) is 1.79. The van der Waals surface area contributed by atoms with E-state index < -0.39 is 39.3 Å². The van der Waals surface area contributed by atoms with Crippen LogP contribution in [-0.2, 0) is 20.0 Å². The first-order valence-electron chi connectivity index (χ1n) is 7.94. The van der Waals surface area contributed by atoms with Gasteiger partial charge in [-0.05, 0) is 30.3 Å². The van der Waals surface area contributed by atoms with Gasteiger partial charge >= 0.3 is 0 Å². The van der Waals surface area contributed by atoms with Crippen molar-refractivity contribution in [1.82, 2.24) is 4.72 Å². The third-order valence-electron chi connectivity index (χ3n) is 3.44. The molecule has 0 heterocycles. The van der Waals surface area contributed by atoms with Crippen LogP contribution in [0.3, 0.4) is 0 Å². The van der Waals surface area contributed by atoms with Gasteiger partial charge in [0, 0.05) is 11.1 Å². The molecular weight excluding hydrogens is 467 g/mol. The van der Waals surface area contributed by atoms with Crippen LogP contribution in [0.15, 0.2) is 41.3 Å². The molecule has 0 saturated carbocycles. The second-order valence-corrected chi connectivity index (χ2v) is 10.2. The van der Waals surface area contributed by atoms with Crippen molar-refractivity contribution < 1.29 is 31.8 Å². The molecular formula is C16H18Cl2N2O7S2. The van der Waals surface area contributed by atoms with Gasteiger partial charge in [-0.25, -0.2) is 21.6 Å². The number of nitrogens with one attached hydrogen (secondary N) is 2. The van der Waals surface area contributed by atoms with E-state index in [-0.39, 0.29) is 27.1 Å². The van der Waals surface area contributed by atoms with Gasteiger partial charge < -0.3 is 14.9 Å². The maximum absolute atomic E-state index is 12.5. The summed E-state index contributed by atoms with van der Waals surface area (Å²) in [5.74, 6) is -0.0363. The summed E-state index contributed by atoms with van der Waals surface area (Å²) in [6, 6.07) is 6.62. The Morgan fingerprint density at radius 1 is 1.00 bits per heavy atom. The smallest absolute Gasteiger partial charge is 0.241 e. The molecule has 0 aliphatic heterocycles. The second kappa shape index (κ2) is 9.47. The first kappa shape index (κ1) is 23.7. The Morgan fingerprint density at radius 3 is 2.21 bits per heavy atom. The standard InChI is InChI=1S/C16H18Cl2N2O7S2/c1-28(23,24)20-14-4-3-12(29(25,26)19-11(8-21)9-22)7-16(14)27-15-5-2-10(17)6-13(15)18/h2-7,11,19-22H,8-9H2,1H3. The number of aliphatic hydroxyl groups is 2. The van der Waals surface area contributed by atoms with Crippen molar-refractivity contribution in [3.05, 3.63) is 46.4 Å². The van der Waals surface area contributed by atoms with Gasteiger partial charge in [0.05, 0.1) is 41.1 Å². The normalized spacial score (nSPS) is 12.2. The number of aliphatic hydroxyl groups excluding tert-OH is 2. The summed E-state index contributed by atoms with van der Waals surface area (Å²) < 4.78 is 58.2. The van der Waals surface area contributed by atoms with E-state index in [2.05, 4.69) is 9.44 Å². The fourth-order valence-electron chi connectivity index (χ4n) is 2.13. The molecule has 0 aliphatic carbocycles. The molecule has 0 spiro atoms. The molecule has 0 unspecified atom stereocenters. The quantitative estimate of drug-likeness (QED) is 0.424. The lowest BCUT2D eigenvalue weighted by molar-refractivity contribution is 0.185. The summed E-state index contributed by atoms with van der Waals surface area (Å²) in [4.78, 5) is -0.288. The molecule has 0 saturated heterocycles. The topological polar surface area (TPSA) is 142 Å². The van der Waals surface area contributed by atoms with Crippen LogP contribution in [0.4, 0.5) is 5.69 Å². The molecule has 160 valence electrons. The van der Waals surface area contributed by atoms with Crippen molar-refractivity contribution in [3.63, 3.8) is 0 Å². The number of anilines is 1. The van der Waals surface area contributed by atoms with Crippen LogP contribution in [0.5, 0.6) is 11.5 Å². The number of hydrogen-bond acceptors (Lipinski definition) is 7. The summed E-state index contributed by atoms with van der Waals surface area (Å²) in [7, 11) is -7.86. The molecule has 4 N–H and O–H groups in total. The zero-order chi connectivity index (χ0) is 21.8. The Bertz CT molecular complexity index is 1090. The number of benzene rings is 2. The Hall–Kier alpha value is -1.60. The summed E-state index contributed by atoms with van der Waals surface area (Å²) in [5.41, 5.74) is -0.0293. The first-order valence-corrected chi connectivity index (χ1v) is 12.1. The largest absolute Gasteiger partial charge is 0.454 e. The monoisotopic (exact) mass is 484 g/mol. The van der Waals surface area contributed by atoms with Crippen molar-refractivity contribution >= 4 is 48.9 Å². The average molecular weight is 485 g/mol. The molecule has 0 fully saturated rings. The Kier molecular flexibility index (Phi) is 7.74. The molecule has 0 amide bonds. The molecule has 9 nitrogen and oxygen atoms in total. The van der Waals surface area contributed by atoms with Crippen LogP contribution in [0.2, 0.25) is 10.0 Å². The summed E-state index contributed by atoms with van der Waals surface area (Å²) in [6.45, 7) is -1.24. The number of ether oxygens (including phenoxy) is 1. The number of sulfonamides is 2. The molecule has 0 aliphatic rings. The summed E-state index contributed by atoms with van der Waals surface area (Å²) >= 11 is 11.9. The van der Waals surface area contributed by atoms with E-state index in [0.717, 1.165) is 18.4 Å². The summed E-state index contributed by atoms with van der Waals surface area (Å²) in [5, 5.41) is 18.7. The highest BCUT2D eigenvalue weighted by Crippen LogP contribution is 2.36. The van der Waals surface area contributed by atoms with Crippen molar-refractivity contribution in [3.8, 4) is 11.5 Å². The average Bonchev–Trinajstić information content (AvgIpc) is 2.62. The maximum atomic E-state index is 12.5. The Morgan fingerprint density at radius 2 is 1.66 bits per heavy atom. The Balaban J connectivity index is 2.51. The maximum Gasteiger partial charge on any atom is 0.241 e. The van der Waals surface area contributed by atoms with Gasteiger partial charge in [-0.3, -0.25) is 4.72 Å². The van der Waals surface area contributed by atoms with Gasteiger partial charge in [0.2, 0.25) is 20.0 Å². The fourth-order valence-corrected chi connectivity index (χ4v) is 4.38. The minimum Gasteiger partial charge on any atom is -0.454 e. The lowest BCUT2D eigenvalue weighted by atomic mass is 10.3. The van der Waals surface area contributed by atoms with E-state index in [0.29, 0.717) is 5.02 Å². The highest BCUT2D eigenvalue weighted by molar-refractivity contribution is 7.92. The van der Waals surface area contributed by atoms with Gasteiger partial charge in [-0.2, -0.15) is 0 Å². The van der Waals surface area contributed by atoms with Gasteiger partial charge in [0.15, 0.2) is 5.75 Å². The lowest BCUT2D eigenvalue weighted by Gasteiger charge is -2.17. The van der Waals surface area contributed by atoms with Crippen molar-refractivity contribution in [2.24, 2.45) is 0 Å². The minimum absolute atomic E-state index is 0.0293. The third kappa shape index (κ3) is 6.71. The van der Waals surface area contributed by atoms with Crippen molar-refractivity contribution in [2.45, 2.75) is 10.9 Å². The second-order valence-electron chi connectivity index (χ2n) is 5.89. The molecule has 29 heavy (non-hydrogen) atoms. The van der Waals surface area contributed by atoms with E-state index in [1.54, 1.807) is 0 Å². The van der Waals surface area contributed by atoms with Crippen molar-refractivity contribution in [2.75, 3.05) is 24.2 Å². The number of hydrogen-bond donors (Lipinski definition) is 4. The summed E-state index contributed by atoms with van der Waals surface area (Å²) in [6.07, 6.45) is 0.922. The van der Waals surface area contributed by atoms with E-state index in [9.17, 15) is 16.8 Å². The van der Waals surface area contributed by atoms with Crippen LogP contribution in [0.1, 0.15) is 0 Å². The zero-order valence-electron chi connectivity index (χ0n) is 15.0. The van der Waals surface area contributed by atoms with Crippen LogP contribution >= 0.6 is 23.2 Å². The molecule has 0 radical (unpaired) electrons. The molecule has 2 aromatic rings. The molecule has 2 rings (SSSR count). The molecule has 0 aromatic heterocycles. The van der Waals surface area contributed by atoms with E-state index >= 15 is 0 Å². The van der Waals surface area contributed by atoms with Gasteiger partial charge in [-0.15, -0.1) is 0 Å². The molecule has 13 heteroatoms. The molecule has 2 aromatic carbocycles. The van der Waals surface area contributed by atoms with Gasteiger partial charge in [0.25, 0.3) is 0 Å². The van der Waals surface area contributed by atoms with Gasteiger partial charge in [-0.1, -0.05) is 23.2 Å². The van der Waals surface area contributed by atoms with Crippen LogP contribution in [-0.4, -0.2) is 52.6 Å². The zero-order valence-corrected chi connectivity index (χ0v) is 18.1. The first-order chi connectivity index (χ1) is 13.4. The Labute approximate surface area is 178 Å². The van der Waals surface area contributed by atoms with Gasteiger partial charge in [0.1, 0.15) is 5.75 Å². The highest BCUT2D eigenvalue weighted by Gasteiger charge is 2.22. The van der Waals surface area contributed by atoms with E-state index in [1.807, 2.05) is 0 Å². The van der Waals surface area contributed by atoms with E-state index in [1.165, 1.54) is 24.3 Å². The number of halogens is 2. The fraction of sp³-hybridized carbons (Fsp3) is 0.250. The van der Waals surface area contributed by atoms with Crippen LogP contribution in [0, 0.1) is 0 Å². The minimum atomic E-state index is -4.16. The number of rotatable bonds is 9. The highest BCUT2D eigenvalue weighted by atomic mass is 35.5. The third-order valence-corrected chi connectivity index (χ3v) is 6.07. The lowest BCUT2D eigenvalue weighted by Crippen LogP contribution is -2.40. The predicted molar refractivity (Wildman–Crippen MR) is 110 cm³/mol. The van der Waals surface area contributed by atoms with Crippen LogP contribution in [0.25, 0.3) is 0 Å². The SMILES string of the molecule is CS(=O)(=O)Nc1ccc(S(=O)(=O)NC(CO)CO)cc1Oc1ccc(Cl)cc1Cl. The van der Waals surface area contributed by atoms with Crippen molar-refractivity contribution in [1.29, 1.82) is 0 Å².